The molecule has 98 valence electrons. The van der Waals surface area contributed by atoms with E-state index in [1.54, 1.807) is 18.2 Å². The summed E-state index contributed by atoms with van der Waals surface area (Å²) in [5.41, 5.74) is 6.41. The standard InChI is InChI=1S/C14H20N2O2/c15-12-5-1-3-10(7-12)9-16-14(18)11-4-2-6-13(17)8-11/h2,4,6,8,10,12,17H,1,3,5,7,9,15H2,(H,16,18). The second kappa shape index (κ2) is 5.87. The lowest BCUT2D eigenvalue weighted by Crippen LogP contribution is -2.35. The summed E-state index contributed by atoms with van der Waals surface area (Å²) in [7, 11) is 0. The molecule has 0 heterocycles. The molecule has 0 aromatic heterocycles. The van der Waals surface area contributed by atoms with Crippen LogP contribution in [0.2, 0.25) is 0 Å². The van der Waals surface area contributed by atoms with E-state index in [2.05, 4.69) is 5.32 Å². The van der Waals surface area contributed by atoms with Crippen molar-refractivity contribution >= 4 is 5.91 Å². The number of carbonyl (C=O) groups is 1. The third-order valence-corrected chi connectivity index (χ3v) is 3.48. The maximum absolute atomic E-state index is 11.9. The zero-order valence-electron chi connectivity index (χ0n) is 10.4. The second-order valence-corrected chi connectivity index (χ2v) is 5.05. The number of hydrogen-bond donors (Lipinski definition) is 3. The normalized spacial score (nSPS) is 23.6. The van der Waals surface area contributed by atoms with Gasteiger partial charge in [-0.2, -0.15) is 0 Å². The molecular formula is C14H20N2O2. The Kier molecular flexibility index (Phi) is 4.20. The van der Waals surface area contributed by atoms with Crippen LogP contribution in [0.4, 0.5) is 0 Å². The van der Waals surface area contributed by atoms with Crippen LogP contribution in [-0.2, 0) is 0 Å². The average Bonchev–Trinajstić information content (AvgIpc) is 2.36. The zero-order chi connectivity index (χ0) is 13.0. The lowest BCUT2D eigenvalue weighted by atomic mass is 9.86. The van der Waals surface area contributed by atoms with Crippen molar-refractivity contribution in [3.05, 3.63) is 29.8 Å². The molecule has 4 nitrogen and oxygen atoms in total. The molecule has 1 saturated carbocycles. The SMILES string of the molecule is NC1CCCC(CNC(=O)c2cccc(O)c2)C1. The topological polar surface area (TPSA) is 75.3 Å². The van der Waals surface area contributed by atoms with Crippen molar-refractivity contribution in [3.63, 3.8) is 0 Å². The van der Waals surface area contributed by atoms with E-state index in [0.717, 1.165) is 25.7 Å². The molecule has 2 atom stereocenters. The van der Waals surface area contributed by atoms with Gasteiger partial charge in [0, 0.05) is 18.2 Å². The molecule has 1 amide bonds. The van der Waals surface area contributed by atoms with E-state index in [1.165, 1.54) is 6.07 Å². The lowest BCUT2D eigenvalue weighted by Gasteiger charge is -2.26. The number of nitrogens with one attached hydrogen (secondary N) is 1. The Hall–Kier alpha value is -1.55. The van der Waals surface area contributed by atoms with Gasteiger partial charge >= 0.3 is 0 Å². The first-order valence-corrected chi connectivity index (χ1v) is 6.48. The van der Waals surface area contributed by atoms with E-state index in [-0.39, 0.29) is 17.7 Å². The van der Waals surface area contributed by atoms with Gasteiger partial charge in [0.2, 0.25) is 0 Å². The maximum atomic E-state index is 11.9. The smallest absolute Gasteiger partial charge is 0.251 e. The highest BCUT2D eigenvalue weighted by atomic mass is 16.3. The van der Waals surface area contributed by atoms with Gasteiger partial charge in [-0.05, 0) is 43.4 Å². The Morgan fingerprint density at radius 3 is 3.00 bits per heavy atom. The fraction of sp³-hybridized carbons (Fsp3) is 0.500. The minimum Gasteiger partial charge on any atom is -0.508 e. The summed E-state index contributed by atoms with van der Waals surface area (Å²) in [6, 6.07) is 6.67. The van der Waals surface area contributed by atoms with Gasteiger partial charge in [-0.25, -0.2) is 0 Å². The molecule has 0 radical (unpaired) electrons. The summed E-state index contributed by atoms with van der Waals surface area (Å²) in [5.74, 6) is 0.461. The van der Waals surface area contributed by atoms with E-state index in [9.17, 15) is 9.90 Å². The van der Waals surface area contributed by atoms with Gasteiger partial charge in [-0.15, -0.1) is 0 Å². The second-order valence-electron chi connectivity index (χ2n) is 5.05. The fourth-order valence-electron chi connectivity index (χ4n) is 2.50. The monoisotopic (exact) mass is 248 g/mol. The van der Waals surface area contributed by atoms with Crippen LogP contribution < -0.4 is 11.1 Å². The van der Waals surface area contributed by atoms with Gasteiger partial charge in [0.1, 0.15) is 5.75 Å². The Bertz CT molecular complexity index is 420. The minimum absolute atomic E-state index is 0.113. The first-order valence-electron chi connectivity index (χ1n) is 6.48. The average molecular weight is 248 g/mol. The molecule has 1 aromatic rings. The Morgan fingerprint density at radius 1 is 1.44 bits per heavy atom. The number of carbonyl (C=O) groups excluding carboxylic acids is 1. The fourth-order valence-corrected chi connectivity index (χ4v) is 2.50. The highest BCUT2D eigenvalue weighted by Crippen LogP contribution is 2.22. The van der Waals surface area contributed by atoms with E-state index in [4.69, 9.17) is 5.73 Å². The molecule has 1 aromatic carbocycles. The van der Waals surface area contributed by atoms with Crippen molar-refractivity contribution < 1.29 is 9.90 Å². The number of phenols is 1. The van der Waals surface area contributed by atoms with Gasteiger partial charge in [0.25, 0.3) is 5.91 Å². The summed E-state index contributed by atoms with van der Waals surface area (Å²) in [5, 5.41) is 12.2. The quantitative estimate of drug-likeness (QED) is 0.761. The van der Waals surface area contributed by atoms with Crippen molar-refractivity contribution in [2.45, 2.75) is 31.7 Å². The Balaban J connectivity index is 1.84. The molecule has 0 spiro atoms. The summed E-state index contributed by atoms with van der Waals surface area (Å²) in [4.78, 5) is 11.9. The van der Waals surface area contributed by atoms with Crippen LogP contribution >= 0.6 is 0 Å². The Morgan fingerprint density at radius 2 is 2.28 bits per heavy atom. The van der Waals surface area contributed by atoms with E-state index in [0.29, 0.717) is 18.0 Å². The summed E-state index contributed by atoms with van der Waals surface area (Å²) >= 11 is 0. The molecule has 18 heavy (non-hydrogen) atoms. The zero-order valence-corrected chi connectivity index (χ0v) is 10.4. The van der Waals surface area contributed by atoms with Gasteiger partial charge < -0.3 is 16.2 Å². The van der Waals surface area contributed by atoms with Gasteiger partial charge in [-0.3, -0.25) is 4.79 Å². The van der Waals surface area contributed by atoms with Gasteiger partial charge in [0.05, 0.1) is 0 Å². The van der Waals surface area contributed by atoms with Crippen LogP contribution in [0.15, 0.2) is 24.3 Å². The van der Waals surface area contributed by atoms with Gasteiger partial charge in [-0.1, -0.05) is 12.5 Å². The molecule has 0 aliphatic heterocycles. The van der Waals surface area contributed by atoms with E-state index < -0.39 is 0 Å². The molecule has 2 rings (SSSR count). The van der Waals surface area contributed by atoms with E-state index in [1.807, 2.05) is 0 Å². The molecule has 2 unspecified atom stereocenters. The largest absolute Gasteiger partial charge is 0.508 e. The number of benzene rings is 1. The number of rotatable bonds is 3. The molecular weight excluding hydrogens is 228 g/mol. The van der Waals surface area contributed by atoms with Crippen molar-refractivity contribution in [2.75, 3.05) is 6.54 Å². The summed E-state index contributed by atoms with van der Waals surface area (Å²) in [6.45, 7) is 0.669. The maximum Gasteiger partial charge on any atom is 0.251 e. The van der Waals surface area contributed by atoms with Crippen molar-refractivity contribution in [3.8, 4) is 5.75 Å². The Labute approximate surface area is 107 Å². The van der Waals surface area contributed by atoms with E-state index >= 15 is 0 Å². The molecule has 4 heteroatoms. The van der Waals surface area contributed by atoms with Crippen molar-refractivity contribution in [1.29, 1.82) is 0 Å². The first-order chi connectivity index (χ1) is 8.65. The summed E-state index contributed by atoms with van der Waals surface area (Å²) < 4.78 is 0. The van der Waals surface area contributed by atoms with Gasteiger partial charge in [0.15, 0.2) is 0 Å². The number of phenolic OH excluding ortho intramolecular Hbond substituents is 1. The highest BCUT2D eigenvalue weighted by Gasteiger charge is 2.19. The number of nitrogens with two attached hydrogens (primary N) is 1. The van der Waals surface area contributed by atoms with Crippen molar-refractivity contribution in [2.24, 2.45) is 11.7 Å². The molecule has 1 aliphatic rings. The molecule has 0 bridgehead atoms. The van der Waals surface area contributed by atoms with Crippen LogP contribution in [0.5, 0.6) is 5.75 Å². The summed E-state index contributed by atoms with van der Waals surface area (Å²) in [6.07, 6.45) is 4.36. The third kappa shape index (κ3) is 3.47. The van der Waals surface area contributed by atoms with Crippen LogP contribution in [0.25, 0.3) is 0 Å². The molecule has 1 aliphatic carbocycles. The molecule has 0 saturated heterocycles. The van der Waals surface area contributed by atoms with Crippen LogP contribution in [0.3, 0.4) is 0 Å². The third-order valence-electron chi connectivity index (χ3n) is 3.48. The predicted octanol–water partition coefficient (Wildman–Crippen LogP) is 1.64. The number of hydrogen-bond acceptors (Lipinski definition) is 3. The van der Waals surface area contributed by atoms with Crippen LogP contribution in [0.1, 0.15) is 36.0 Å². The predicted molar refractivity (Wildman–Crippen MR) is 70.4 cm³/mol. The minimum atomic E-state index is -0.134. The molecule has 4 N–H and O–H groups in total. The van der Waals surface area contributed by atoms with Crippen LogP contribution in [0, 0.1) is 5.92 Å². The first kappa shape index (κ1) is 12.9. The van der Waals surface area contributed by atoms with Crippen molar-refractivity contribution in [1.82, 2.24) is 5.32 Å². The number of amides is 1. The highest BCUT2D eigenvalue weighted by molar-refractivity contribution is 5.94. The lowest BCUT2D eigenvalue weighted by molar-refractivity contribution is 0.0942. The van der Waals surface area contributed by atoms with Crippen LogP contribution in [-0.4, -0.2) is 23.6 Å². The molecule has 1 fully saturated rings. The number of aromatic hydroxyl groups is 1.